The van der Waals surface area contributed by atoms with Crippen LogP contribution in [-0.4, -0.2) is 35.2 Å². The van der Waals surface area contributed by atoms with Crippen molar-refractivity contribution in [1.82, 2.24) is 9.97 Å². The Morgan fingerprint density at radius 3 is 3.00 bits per heavy atom. The fourth-order valence-corrected chi connectivity index (χ4v) is 1.85. The van der Waals surface area contributed by atoms with Gasteiger partial charge in [0.2, 0.25) is 11.7 Å². The van der Waals surface area contributed by atoms with Crippen LogP contribution in [-0.2, 0) is 4.74 Å². The second kappa shape index (κ2) is 5.09. The van der Waals surface area contributed by atoms with E-state index in [9.17, 15) is 4.79 Å². The van der Waals surface area contributed by atoms with Gasteiger partial charge in [-0.1, -0.05) is 0 Å². The number of aromatic nitrogens is 2. The largest absolute Gasteiger partial charge is 0.474 e. The van der Waals surface area contributed by atoms with Gasteiger partial charge in [-0.05, 0) is 19.3 Å². The lowest BCUT2D eigenvalue weighted by Gasteiger charge is -2.12. The second-order valence-corrected chi connectivity index (χ2v) is 4.02. The Kier molecular flexibility index (Phi) is 3.53. The van der Waals surface area contributed by atoms with Crippen LogP contribution in [0, 0.1) is 0 Å². The van der Waals surface area contributed by atoms with E-state index < -0.39 is 5.97 Å². The van der Waals surface area contributed by atoms with Crippen molar-refractivity contribution >= 4 is 5.97 Å². The van der Waals surface area contributed by atoms with E-state index in [1.54, 1.807) is 6.07 Å². The summed E-state index contributed by atoms with van der Waals surface area (Å²) >= 11 is 0. The predicted octanol–water partition coefficient (Wildman–Crippen LogP) is 0.522. The zero-order valence-corrected chi connectivity index (χ0v) is 9.63. The van der Waals surface area contributed by atoms with Crippen LogP contribution in [0.25, 0.3) is 0 Å². The van der Waals surface area contributed by atoms with Crippen molar-refractivity contribution in [3.8, 4) is 5.88 Å². The van der Waals surface area contributed by atoms with E-state index in [0.717, 1.165) is 19.3 Å². The minimum absolute atomic E-state index is 0.00676. The summed E-state index contributed by atoms with van der Waals surface area (Å²) < 4.78 is 10.2. The Hall–Kier alpha value is -1.69. The van der Waals surface area contributed by atoms with Crippen LogP contribution in [0.1, 0.15) is 29.9 Å². The molecule has 2 atom stereocenters. The van der Waals surface area contributed by atoms with Crippen molar-refractivity contribution in [2.24, 2.45) is 5.73 Å². The Labute approximate surface area is 99.1 Å². The van der Waals surface area contributed by atoms with Crippen LogP contribution in [0.4, 0.5) is 0 Å². The lowest BCUT2D eigenvalue weighted by atomic mass is 10.3. The van der Waals surface area contributed by atoms with Gasteiger partial charge < -0.3 is 15.2 Å². The molecule has 1 aliphatic rings. The molecule has 1 heterocycles. The Morgan fingerprint density at radius 2 is 2.35 bits per heavy atom. The zero-order chi connectivity index (χ0) is 12.3. The SMILES string of the molecule is COC(=O)c1nccc(OC2CCC(N)C2)n1. The average Bonchev–Trinajstić information content (AvgIpc) is 2.74. The lowest BCUT2D eigenvalue weighted by Crippen LogP contribution is -2.19. The molecule has 1 aromatic heterocycles. The maximum absolute atomic E-state index is 11.2. The molecule has 1 aromatic rings. The fourth-order valence-electron chi connectivity index (χ4n) is 1.85. The first-order valence-electron chi connectivity index (χ1n) is 5.52. The molecule has 0 spiro atoms. The van der Waals surface area contributed by atoms with Crippen LogP contribution in [0.3, 0.4) is 0 Å². The summed E-state index contributed by atoms with van der Waals surface area (Å²) in [4.78, 5) is 19.0. The highest BCUT2D eigenvalue weighted by Gasteiger charge is 2.24. The number of nitrogens with two attached hydrogens (primary N) is 1. The fraction of sp³-hybridized carbons (Fsp3) is 0.545. The molecule has 2 unspecified atom stereocenters. The molecule has 6 heteroatoms. The quantitative estimate of drug-likeness (QED) is 0.771. The van der Waals surface area contributed by atoms with Crippen molar-refractivity contribution in [3.63, 3.8) is 0 Å². The Morgan fingerprint density at radius 1 is 1.53 bits per heavy atom. The summed E-state index contributed by atoms with van der Waals surface area (Å²) in [6.45, 7) is 0. The Bertz CT molecular complexity index is 411. The molecule has 0 aromatic carbocycles. The maximum Gasteiger partial charge on any atom is 0.376 e. The van der Waals surface area contributed by atoms with Crippen LogP contribution in [0.2, 0.25) is 0 Å². The van der Waals surface area contributed by atoms with E-state index in [1.807, 2.05) is 0 Å². The number of hydrogen-bond acceptors (Lipinski definition) is 6. The lowest BCUT2D eigenvalue weighted by molar-refractivity contribution is 0.0584. The molecule has 0 amide bonds. The molecule has 0 bridgehead atoms. The standard InChI is InChI=1S/C11H15N3O3/c1-16-11(15)10-13-5-4-9(14-10)17-8-3-2-7(12)6-8/h4-5,7-8H,2-3,6,12H2,1H3. The molecule has 0 radical (unpaired) electrons. The third kappa shape index (κ3) is 2.91. The first kappa shape index (κ1) is 11.8. The van der Waals surface area contributed by atoms with Crippen LogP contribution >= 0.6 is 0 Å². The summed E-state index contributed by atoms with van der Waals surface area (Å²) in [5, 5.41) is 0. The number of nitrogens with zero attached hydrogens (tertiary/aromatic N) is 2. The van der Waals surface area contributed by atoms with Gasteiger partial charge in [0.1, 0.15) is 6.10 Å². The van der Waals surface area contributed by atoms with E-state index in [1.165, 1.54) is 13.3 Å². The van der Waals surface area contributed by atoms with E-state index in [2.05, 4.69) is 14.7 Å². The topological polar surface area (TPSA) is 87.3 Å². The van der Waals surface area contributed by atoms with Crippen molar-refractivity contribution in [3.05, 3.63) is 18.1 Å². The maximum atomic E-state index is 11.2. The van der Waals surface area contributed by atoms with Crippen molar-refractivity contribution in [2.45, 2.75) is 31.4 Å². The number of methoxy groups -OCH3 is 1. The minimum atomic E-state index is -0.571. The summed E-state index contributed by atoms with van der Waals surface area (Å²) in [5.41, 5.74) is 5.79. The normalized spacial score (nSPS) is 23.4. The highest BCUT2D eigenvalue weighted by molar-refractivity contribution is 5.84. The second-order valence-electron chi connectivity index (χ2n) is 4.02. The van der Waals surface area contributed by atoms with Gasteiger partial charge in [-0.2, -0.15) is 4.98 Å². The van der Waals surface area contributed by atoms with Gasteiger partial charge in [-0.25, -0.2) is 9.78 Å². The molecule has 0 saturated heterocycles. The van der Waals surface area contributed by atoms with Gasteiger partial charge in [0.15, 0.2) is 0 Å². The van der Waals surface area contributed by atoms with Crippen LogP contribution < -0.4 is 10.5 Å². The molecule has 92 valence electrons. The summed E-state index contributed by atoms with van der Waals surface area (Å²) in [5.74, 6) is -0.176. The van der Waals surface area contributed by atoms with Crippen molar-refractivity contribution in [2.75, 3.05) is 7.11 Å². The first-order valence-corrected chi connectivity index (χ1v) is 5.52. The molecule has 1 aliphatic carbocycles. The highest BCUT2D eigenvalue weighted by Crippen LogP contribution is 2.22. The van der Waals surface area contributed by atoms with Gasteiger partial charge in [0.25, 0.3) is 0 Å². The highest BCUT2D eigenvalue weighted by atomic mass is 16.5. The molecule has 1 fully saturated rings. The smallest absolute Gasteiger partial charge is 0.376 e. The van der Waals surface area contributed by atoms with Crippen LogP contribution in [0.15, 0.2) is 12.3 Å². The molecule has 17 heavy (non-hydrogen) atoms. The molecule has 2 N–H and O–H groups in total. The number of carbonyl (C=O) groups is 1. The van der Waals surface area contributed by atoms with E-state index in [4.69, 9.17) is 10.5 Å². The molecular weight excluding hydrogens is 222 g/mol. The number of carbonyl (C=O) groups excluding carboxylic acids is 1. The summed E-state index contributed by atoms with van der Waals surface area (Å²) in [7, 11) is 1.29. The third-order valence-electron chi connectivity index (χ3n) is 2.71. The van der Waals surface area contributed by atoms with Gasteiger partial charge >= 0.3 is 5.97 Å². The average molecular weight is 237 g/mol. The van der Waals surface area contributed by atoms with Gasteiger partial charge in [-0.3, -0.25) is 0 Å². The van der Waals surface area contributed by atoms with Gasteiger partial charge in [0, 0.05) is 18.3 Å². The van der Waals surface area contributed by atoms with Gasteiger partial charge in [-0.15, -0.1) is 0 Å². The van der Waals surface area contributed by atoms with E-state index in [0.29, 0.717) is 5.88 Å². The monoisotopic (exact) mass is 237 g/mol. The zero-order valence-electron chi connectivity index (χ0n) is 9.63. The Balaban J connectivity index is 2.03. The number of esters is 1. The van der Waals surface area contributed by atoms with Crippen molar-refractivity contribution in [1.29, 1.82) is 0 Å². The summed E-state index contributed by atoms with van der Waals surface area (Å²) in [6.07, 6.45) is 4.24. The van der Waals surface area contributed by atoms with E-state index in [-0.39, 0.29) is 18.0 Å². The van der Waals surface area contributed by atoms with Gasteiger partial charge in [0.05, 0.1) is 7.11 Å². The number of rotatable bonds is 3. The first-order chi connectivity index (χ1) is 8.19. The molecule has 2 rings (SSSR count). The van der Waals surface area contributed by atoms with Crippen molar-refractivity contribution < 1.29 is 14.3 Å². The predicted molar refractivity (Wildman–Crippen MR) is 59.6 cm³/mol. The number of ether oxygens (including phenoxy) is 2. The molecule has 6 nitrogen and oxygen atoms in total. The summed E-state index contributed by atoms with van der Waals surface area (Å²) in [6, 6.07) is 1.82. The third-order valence-corrected chi connectivity index (χ3v) is 2.71. The minimum Gasteiger partial charge on any atom is -0.474 e. The molecular formula is C11H15N3O3. The molecule has 0 aliphatic heterocycles. The van der Waals surface area contributed by atoms with E-state index >= 15 is 0 Å². The number of hydrogen-bond donors (Lipinski definition) is 1. The molecule has 1 saturated carbocycles. The van der Waals surface area contributed by atoms with Crippen LogP contribution in [0.5, 0.6) is 5.88 Å².